The van der Waals surface area contributed by atoms with Crippen molar-refractivity contribution in [2.75, 3.05) is 39.2 Å². The maximum Gasteiger partial charge on any atom is 0.222 e. The Morgan fingerprint density at radius 2 is 1.82 bits per heavy atom. The number of nitrogens with one attached hydrogen (secondary N) is 2. The van der Waals surface area contributed by atoms with Crippen LogP contribution in [0.5, 0.6) is 0 Å². The Hall–Kier alpha value is -1.12. The highest BCUT2D eigenvalue weighted by molar-refractivity contribution is 8.00. The van der Waals surface area contributed by atoms with Gasteiger partial charge in [-0.2, -0.15) is 11.8 Å². The summed E-state index contributed by atoms with van der Waals surface area (Å²) < 4.78 is 10.7. The molecule has 2 aliphatic heterocycles. The van der Waals surface area contributed by atoms with Crippen molar-refractivity contribution in [3.8, 4) is 0 Å². The van der Waals surface area contributed by atoms with Crippen LogP contribution in [0.2, 0.25) is 0 Å². The number of carbonyl (C=O) groups excluding carboxylic acids is 3. The molecule has 3 unspecified atom stereocenters. The fourth-order valence-corrected chi connectivity index (χ4v) is 5.33. The number of ether oxygens (including phenoxy) is 2. The van der Waals surface area contributed by atoms with Crippen molar-refractivity contribution in [1.82, 2.24) is 10.6 Å². The molecule has 2 N–H and O–H groups in total. The van der Waals surface area contributed by atoms with E-state index in [1.807, 2.05) is 11.8 Å². The van der Waals surface area contributed by atoms with Gasteiger partial charge in [-0.3, -0.25) is 14.4 Å². The lowest BCUT2D eigenvalue weighted by molar-refractivity contribution is -0.122. The van der Waals surface area contributed by atoms with Crippen LogP contribution in [-0.4, -0.2) is 68.1 Å². The number of carbonyl (C=O) groups is 3. The van der Waals surface area contributed by atoms with Crippen molar-refractivity contribution in [2.24, 2.45) is 5.92 Å². The topological polar surface area (TPSA) is 93.7 Å². The van der Waals surface area contributed by atoms with Crippen LogP contribution in [0.1, 0.15) is 51.4 Å². The number of unbranched alkanes of at least 4 members (excludes halogenated alkanes) is 1. The number of hydrogen-bond donors (Lipinski definition) is 2. The average Bonchev–Trinajstić information content (AvgIpc) is 3.23. The minimum atomic E-state index is -0.0315. The Morgan fingerprint density at radius 3 is 2.61 bits per heavy atom. The lowest BCUT2D eigenvalue weighted by atomic mass is 9.97. The van der Waals surface area contributed by atoms with Gasteiger partial charge in [0.15, 0.2) is 0 Å². The van der Waals surface area contributed by atoms with Gasteiger partial charge in [-0.1, -0.05) is 6.42 Å². The fourth-order valence-electron chi connectivity index (χ4n) is 3.68. The Morgan fingerprint density at radius 1 is 1.07 bits per heavy atom. The largest absolute Gasteiger partial charge is 0.379 e. The summed E-state index contributed by atoms with van der Waals surface area (Å²) in [5, 5.41) is 6.18. The maximum atomic E-state index is 12.0. The van der Waals surface area contributed by atoms with Crippen molar-refractivity contribution < 1.29 is 23.9 Å². The molecular weight excluding hydrogens is 380 g/mol. The third-order valence-electron chi connectivity index (χ3n) is 5.27. The van der Waals surface area contributed by atoms with Crippen LogP contribution in [0.4, 0.5) is 0 Å². The molecule has 2 saturated heterocycles. The van der Waals surface area contributed by atoms with Crippen molar-refractivity contribution in [2.45, 2.75) is 62.7 Å². The van der Waals surface area contributed by atoms with Crippen molar-refractivity contribution >= 4 is 29.4 Å². The van der Waals surface area contributed by atoms with Crippen LogP contribution in [0.25, 0.3) is 0 Å². The number of amides is 2. The molecule has 0 spiro atoms. The first kappa shape index (κ1) is 23.2. The Balaban J connectivity index is 1.37. The van der Waals surface area contributed by atoms with E-state index in [0.29, 0.717) is 75.1 Å². The predicted molar refractivity (Wildman–Crippen MR) is 109 cm³/mol. The second kappa shape index (κ2) is 13.2. The van der Waals surface area contributed by atoms with Crippen LogP contribution < -0.4 is 10.6 Å². The molecule has 0 aromatic rings. The number of Topliss-reactive ketones (excluding diaryl/α,β-unsaturated/α-hetero) is 1. The van der Waals surface area contributed by atoms with Gasteiger partial charge in [0, 0.05) is 50.6 Å². The van der Waals surface area contributed by atoms with E-state index >= 15 is 0 Å². The smallest absolute Gasteiger partial charge is 0.222 e. The number of rotatable bonds is 15. The van der Waals surface area contributed by atoms with Gasteiger partial charge in [0.2, 0.25) is 11.8 Å². The molecule has 0 aliphatic carbocycles. The zero-order chi connectivity index (χ0) is 20.2. The van der Waals surface area contributed by atoms with Gasteiger partial charge < -0.3 is 20.1 Å². The van der Waals surface area contributed by atoms with Gasteiger partial charge in [0.1, 0.15) is 5.78 Å². The molecular formula is C20H34N2O5S. The zero-order valence-electron chi connectivity index (χ0n) is 16.9. The summed E-state index contributed by atoms with van der Waals surface area (Å²) in [5.74, 6) is 2.08. The third kappa shape index (κ3) is 8.49. The summed E-state index contributed by atoms with van der Waals surface area (Å²) >= 11 is 1.98. The third-order valence-corrected chi connectivity index (χ3v) is 6.85. The Kier molecular flexibility index (Phi) is 10.9. The molecule has 2 rings (SSSR count). The van der Waals surface area contributed by atoms with E-state index in [2.05, 4.69) is 10.6 Å². The Labute approximate surface area is 172 Å². The second-order valence-corrected chi connectivity index (χ2v) is 8.74. The number of fused-ring (bicyclic) bond motifs is 1. The molecule has 0 aromatic carbocycles. The summed E-state index contributed by atoms with van der Waals surface area (Å²) in [5.41, 5.74) is 0. The summed E-state index contributed by atoms with van der Waals surface area (Å²) in [4.78, 5) is 34.4. The number of hydrogen-bond acceptors (Lipinski definition) is 6. The predicted octanol–water partition coefficient (Wildman–Crippen LogP) is 1.69. The van der Waals surface area contributed by atoms with E-state index in [4.69, 9.17) is 9.47 Å². The molecule has 2 heterocycles. The molecule has 160 valence electrons. The van der Waals surface area contributed by atoms with Gasteiger partial charge in [0.05, 0.1) is 19.8 Å². The summed E-state index contributed by atoms with van der Waals surface area (Å²) in [6, 6.07) is 0.359. The van der Waals surface area contributed by atoms with Crippen LogP contribution in [-0.2, 0) is 23.9 Å². The molecule has 0 bridgehead atoms. The van der Waals surface area contributed by atoms with Crippen molar-refractivity contribution in [1.29, 1.82) is 0 Å². The molecule has 7 nitrogen and oxygen atoms in total. The first-order valence-corrected chi connectivity index (χ1v) is 11.4. The van der Waals surface area contributed by atoms with Gasteiger partial charge in [-0.05, 0) is 30.9 Å². The highest BCUT2D eigenvalue weighted by Crippen LogP contribution is 2.39. The Bertz CT molecular complexity index is 517. The highest BCUT2D eigenvalue weighted by Gasteiger charge is 2.42. The van der Waals surface area contributed by atoms with E-state index in [-0.39, 0.29) is 11.8 Å². The van der Waals surface area contributed by atoms with Crippen LogP contribution in [0, 0.1) is 5.92 Å². The van der Waals surface area contributed by atoms with Crippen molar-refractivity contribution in [3.63, 3.8) is 0 Å². The molecule has 8 heteroatoms. The van der Waals surface area contributed by atoms with Gasteiger partial charge in [0.25, 0.3) is 0 Å². The molecule has 2 aliphatic rings. The molecule has 0 saturated carbocycles. The minimum absolute atomic E-state index is 0.0315. The standard InChI is InChI=1S/C20H34N2O5S/c1-21-18(24)8-10-27-12-11-26-9-4-6-16(23)5-2-3-7-17-20-15(14-28-17)13-19(25)22-20/h15,17,20H,2-14H2,1H3,(H,21,24)(H,22,25). The lowest BCUT2D eigenvalue weighted by Crippen LogP contribution is -2.34. The first-order valence-electron chi connectivity index (χ1n) is 10.4. The lowest BCUT2D eigenvalue weighted by Gasteiger charge is -2.17. The monoisotopic (exact) mass is 414 g/mol. The van der Waals surface area contributed by atoms with Crippen LogP contribution in [0.3, 0.4) is 0 Å². The van der Waals surface area contributed by atoms with Gasteiger partial charge in [-0.25, -0.2) is 0 Å². The SMILES string of the molecule is CNC(=O)CCOCCOCCCC(=O)CCCCC1SCC2CC(=O)NC21. The molecule has 2 amide bonds. The van der Waals surface area contributed by atoms with E-state index in [0.717, 1.165) is 31.4 Å². The summed E-state index contributed by atoms with van der Waals surface area (Å²) in [6.07, 6.45) is 6.06. The zero-order valence-corrected chi connectivity index (χ0v) is 17.7. The fraction of sp³-hybridized carbons (Fsp3) is 0.850. The normalized spacial score (nSPS) is 23.5. The van der Waals surface area contributed by atoms with Crippen LogP contribution >= 0.6 is 11.8 Å². The van der Waals surface area contributed by atoms with Crippen LogP contribution in [0.15, 0.2) is 0 Å². The number of thioether (sulfide) groups is 1. The molecule has 0 aromatic heterocycles. The first-order chi connectivity index (χ1) is 13.6. The summed E-state index contributed by atoms with van der Waals surface area (Å²) in [7, 11) is 1.60. The quantitative estimate of drug-likeness (QED) is 0.396. The molecule has 3 atom stereocenters. The van der Waals surface area contributed by atoms with Crippen molar-refractivity contribution in [3.05, 3.63) is 0 Å². The minimum Gasteiger partial charge on any atom is -0.379 e. The van der Waals surface area contributed by atoms with E-state index in [1.165, 1.54) is 0 Å². The molecule has 0 radical (unpaired) electrons. The molecule has 2 fully saturated rings. The molecule has 28 heavy (non-hydrogen) atoms. The average molecular weight is 415 g/mol. The van der Waals surface area contributed by atoms with Gasteiger partial charge >= 0.3 is 0 Å². The number of ketones is 1. The van der Waals surface area contributed by atoms with E-state index < -0.39 is 0 Å². The van der Waals surface area contributed by atoms with E-state index in [1.54, 1.807) is 7.05 Å². The maximum absolute atomic E-state index is 12.0. The summed E-state index contributed by atoms with van der Waals surface area (Å²) in [6.45, 7) is 1.91. The second-order valence-electron chi connectivity index (χ2n) is 7.47. The highest BCUT2D eigenvalue weighted by atomic mass is 32.2. The van der Waals surface area contributed by atoms with E-state index in [9.17, 15) is 14.4 Å². The van der Waals surface area contributed by atoms with Gasteiger partial charge in [-0.15, -0.1) is 0 Å².